The van der Waals surface area contributed by atoms with Crippen LogP contribution in [-0.2, 0) is 0 Å². The Hall–Kier alpha value is -3.16. The number of rotatable bonds is 3. The number of nitrogens with zero attached hydrogens (tertiary/aromatic N) is 2. The minimum Gasteiger partial charge on any atom is -0.368 e. The lowest BCUT2D eigenvalue weighted by atomic mass is 10.2. The number of piperidine rings is 1. The number of imidazole rings is 1. The third-order valence-electron chi connectivity index (χ3n) is 5.60. The second-order valence-electron chi connectivity index (χ2n) is 7.51. The molecule has 1 aromatic heterocycles. The summed E-state index contributed by atoms with van der Waals surface area (Å²) in [7, 11) is 0. The molecule has 2 heterocycles. The number of halogens is 2. The summed E-state index contributed by atoms with van der Waals surface area (Å²) in [5.41, 5.74) is 2.83. The Labute approximate surface area is 159 Å². The zero-order chi connectivity index (χ0) is 19.4. The van der Waals surface area contributed by atoms with Gasteiger partial charge in [0.25, 0.3) is 0 Å². The van der Waals surface area contributed by atoms with Crippen molar-refractivity contribution in [3.05, 3.63) is 53.9 Å². The minimum atomic E-state index is -0.578. The molecule has 2 fully saturated rings. The molecule has 3 aromatic rings. The van der Waals surface area contributed by atoms with E-state index in [0.29, 0.717) is 24.5 Å². The van der Waals surface area contributed by atoms with E-state index in [1.807, 2.05) is 30.0 Å². The summed E-state index contributed by atoms with van der Waals surface area (Å²) in [6, 6.07) is 8.99. The van der Waals surface area contributed by atoms with E-state index in [9.17, 15) is 13.6 Å². The number of nitrogens with one attached hydrogen (secondary N) is 3. The van der Waals surface area contributed by atoms with E-state index in [-0.39, 0.29) is 23.9 Å². The zero-order valence-electron chi connectivity index (χ0n) is 15.2. The lowest BCUT2D eigenvalue weighted by Gasteiger charge is -2.23. The van der Waals surface area contributed by atoms with Gasteiger partial charge < -0.3 is 20.5 Å². The average molecular weight is 383 g/mol. The highest BCUT2D eigenvalue weighted by Crippen LogP contribution is 2.47. The number of H-pyrrole nitrogens is 1. The summed E-state index contributed by atoms with van der Waals surface area (Å²) in [4.78, 5) is 21.7. The number of hydrogen-bond donors (Lipinski definition) is 3. The van der Waals surface area contributed by atoms with E-state index in [4.69, 9.17) is 0 Å². The highest BCUT2D eigenvalue weighted by molar-refractivity contribution is 5.92. The van der Waals surface area contributed by atoms with Gasteiger partial charge in [-0.2, -0.15) is 0 Å². The average Bonchev–Trinajstić information content (AvgIpc) is 2.97. The number of aromatic amines is 1. The van der Waals surface area contributed by atoms with Crippen molar-refractivity contribution in [1.82, 2.24) is 15.3 Å². The number of carbonyl (C=O) groups excluding carboxylic acids is 1. The SMILES string of the molecule is Cc1nc2ccc(NC(=O)NC3[C@H]4CN(c5ccc(F)cc5F)C[C@@H]34)cc2[nH]1. The fraction of sp³-hybridized carbons (Fsp3) is 0.300. The first-order chi connectivity index (χ1) is 13.5. The van der Waals surface area contributed by atoms with Crippen molar-refractivity contribution in [3.8, 4) is 0 Å². The van der Waals surface area contributed by atoms with Crippen LogP contribution in [0.3, 0.4) is 0 Å². The number of carbonyl (C=O) groups is 1. The summed E-state index contributed by atoms with van der Waals surface area (Å²) >= 11 is 0. The van der Waals surface area contributed by atoms with Crippen LogP contribution in [0.5, 0.6) is 0 Å². The standard InChI is InChI=1S/C20H19F2N5O/c1-10-23-16-4-3-12(7-17(16)24-10)25-20(28)26-19-13-8-27(9-14(13)19)18-5-2-11(21)6-15(18)22/h2-7,13-14,19H,8-9H2,1H3,(H,23,24)(H2,25,26,28)/t13-,14+,19?. The van der Waals surface area contributed by atoms with Crippen LogP contribution < -0.4 is 15.5 Å². The number of hydrogen-bond acceptors (Lipinski definition) is 3. The number of urea groups is 1. The maximum atomic E-state index is 13.9. The molecule has 6 nitrogen and oxygen atoms in total. The molecule has 0 radical (unpaired) electrons. The highest BCUT2D eigenvalue weighted by Gasteiger charge is 2.56. The molecule has 3 N–H and O–H groups in total. The van der Waals surface area contributed by atoms with Crippen LogP contribution >= 0.6 is 0 Å². The second-order valence-corrected chi connectivity index (χ2v) is 7.51. The van der Waals surface area contributed by atoms with Crippen molar-refractivity contribution in [3.63, 3.8) is 0 Å². The van der Waals surface area contributed by atoms with Crippen LogP contribution in [0.4, 0.5) is 25.0 Å². The van der Waals surface area contributed by atoms with Gasteiger partial charge in [0.1, 0.15) is 17.5 Å². The Morgan fingerprint density at radius 1 is 1.18 bits per heavy atom. The topological polar surface area (TPSA) is 73.1 Å². The van der Waals surface area contributed by atoms with E-state index < -0.39 is 11.6 Å². The molecule has 2 aliphatic rings. The van der Waals surface area contributed by atoms with E-state index in [1.54, 1.807) is 0 Å². The molecule has 0 spiro atoms. The minimum absolute atomic E-state index is 0.0814. The first-order valence-corrected chi connectivity index (χ1v) is 9.22. The van der Waals surface area contributed by atoms with Gasteiger partial charge in [-0.05, 0) is 37.3 Å². The Bertz CT molecular complexity index is 1070. The van der Waals surface area contributed by atoms with Gasteiger partial charge >= 0.3 is 6.03 Å². The van der Waals surface area contributed by atoms with Gasteiger partial charge in [-0.1, -0.05) is 0 Å². The molecular weight excluding hydrogens is 364 g/mol. The molecule has 144 valence electrons. The van der Waals surface area contributed by atoms with Crippen LogP contribution in [0.15, 0.2) is 36.4 Å². The van der Waals surface area contributed by atoms with E-state index >= 15 is 0 Å². The first kappa shape index (κ1) is 17.0. The summed E-state index contributed by atoms with van der Waals surface area (Å²) in [6.45, 7) is 3.18. The smallest absolute Gasteiger partial charge is 0.319 e. The van der Waals surface area contributed by atoms with Crippen molar-refractivity contribution >= 4 is 28.4 Å². The van der Waals surface area contributed by atoms with Gasteiger partial charge in [0.05, 0.1) is 16.7 Å². The Balaban J connectivity index is 1.18. The van der Waals surface area contributed by atoms with Crippen molar-refractivity contribution < 1.29 is 13.6 Å². The monoisotopic (exact) mass is 383 g/mol. The number of aromatic nitrogens is 2. The van der Waals surface area contributed by atoms with Crippen LogP contribution in [0.1, 0.15) is 5.82 Å². The Morgan fingerprint density at radius 3 is 2.71 bits per heavy atom. The van der Waals surface area contributed by atoms with Crippen LogP contribution in [0, 0.1) is 30.4 Å². The Kier molecular flexibility index (Phi) is 3.75. The summed E-state index contributed by atoms with van der Waals surface area (Å²) in [5, 5.41) is 5.85. The van der Waals surface area contributed by atoms with Crippen molar-refractivity contribution in [2.45, 2.75) is 13.0 Å². The number of benzene rings is 2. The van der Waals surface area contributed by atoms with Crippen LogP contribution in [0.2, 0.25) is 0 Å². The van der Waals surface area contributed by atoms with Gasteiger partial charge in [0, 0.05) is 42.7 Å². The van der Waals surface area contributed by atoms with Crippen LogP contribution in [0.25, 0.3) is 11.0 Å². The predicted octanol–water partition coefficient (Wildman–Crippen LogP) is 3.41. The molecule has 1 aliphatic carbocycles. The maximum absolute atomic E-state index is 13.9. The fourth-order valence-corrected chi connectivity index (χ4v) is 4.21. The lowest BCUT2D eigenvalue weighted by Crippen LogP contribution is -2.37. The normalized spacial score (nSPS) is 23.0. The van der Waals surface area contributed by atoms with Crippen LogP contribution in [-0.4, -0.2) is 35.1 Å². The van der Waals surface area contributed by atoms with Gasteiger partial charge in [0.2, 0.25) is 0 Å². The quantitative estimate of drug-likeness (QED) is 0.649. The molecule has 8 heteroatoms. The third kappa shape index (κ3) is 2.94. The highest BCUT2D eigenvalue weighted by atomic mass is 19.1. The predicted molar refractivity (Wildman–Crippen MR) is 102 cm³/mol. The number of fused-ring (bicyclic) bond motifs is 2. The Morgan fingerprint density at radius 2 is 1.96 bits per heavy atom. The molecule has 1 saturated heterocycles. The fourth-order valence-electron chi connectivity index (χ4n) is 4.21. The number of anilines is 2. The van der Waals surface area contributed by atoms with E-state index in [1.165, 1.54) is 12.1 Å². The van der Waals surface area contributed by atoms with E-state index in [0.717, 1.165) is 22.9 Å². The molecule has 3 atom stereocenters. The van der Waals surface area contributed by atoms with Gasteiger partial charge in [-0.3, -0.25) is 0 Å². The molecule has 5 rings (SSSR count). The second kappa shape index (κ2) is 6.19. The largest absolute Gasteiger partial charge is 0.368 e. The van der Waals surface area contributed by atoms with Crippen molar-refractivity contribution in [1.29, 1.82) is 0 Å². The molecular formula is C20H19F2N5O. The molecule has 1 unspecified atom stereocenters. The first-order valence-electron chi connectivity index (χ1n) is 9.22. The zero-order valence-corrected chi connectivity index (χ0v) is 15.2. The van der Waals surface area contributed by atoms with E-state index in [2.05, 4.69) is 20.6 Å². The molecule has 0 bridgehead atoms. The summed E-state index contributed by atoms with van der Waals surface area (Å²) in [6.07, 6.45) is 0. The molecule has 28 heavy (non-hydrogen) atoms. The van der Waals surface area contributed by atoms with Crippen molar-refractivity contribution in [2.75, 3.05) is 23.3 Å². The lowest BCUT2D eigenvalue weighted by molar-refractivity contribution is 0.250. The van der Waals surface area contributed by atoms with Gasteiger partial charge in [-0.15, -0.1) is 0 Å². The maximum Gasteiger partial charge on any atom is 0.319 e. The van der Waals surface area contributed by atoms with Crippen molar-refractivity contribution in [2.24, 2.45) is 11.8 Å². The molecule has 2 amide bonds. The third-order valence-corrected chi connectivity index (χ3v) is 5.60. The van der Waals surface area contributed by atoms with Gasteiger partial charge in [-0.25, -0.2) is 18.6 Å². The number of amides is 2. The summed E-state index contributed by atoms with van der Waals surface area (Å²) < 4.78 is 27.0. The molecule has 1 aliphatic heterocycles. The van der Waals surface area contributed by atoms with Gasteiger partial charge in [0.15, 0.2) is 0 Å². The molecule has 2 aromatic carbocycles. The summed E-state index contributed by atoms with van der Waals surface area (Å²) in [5.74, 6) is 0.267. The number of aryl methyl sites for hydroxylation is 1. The molecule has 1 saturated carbocycles.